The summed E-state index contributed by atoms with van der Waals surface area (Å²) in [5.41, 5.74) is 1.95. The molecule has 1 aromatic carbocycles. The molecule has 1 atom stereocenters. The maximum absolute atomic E-state index is 4.81. The lowest BCUT2D eigenvalue weighted by Crippen LogP contribution is -2.38. The van der Waals surface area contributed by atoms with Gasteiger partial charge in [-0.25, -0.2) is 4.98 Å². The van der Waals surface area contributed by atoms with E-state index in [1.165, 1.54) is 25.7 Å². The third-order valence-corrected chi connectivity index (χ3v) is 4.14. The van der Waals surface area contributed by atoms with Gasteiger partial charge in [0.15, 0.2) is 0 Å². The van der Waals surface area contributed by atoms with E-state index in [0.717, 1.165) is 36.5 Å². The lowest BCUT2D eigenvalue weighted by atomic mass is 10.2. The summed E-state index contributed by atoms with van der Waals surface area (Å²) in [4.78, 5) is 11.8. The molecule has 21 heavy (non-hydrogen) atoms. The summed E-state index contributed by atoms with van der Waals surface area (Å²) in [6, 6.07) is 8.68. The van der Waals surface area contributed by atoms with E-state index in [-0.39, 0.29) is 0 Å². The van der Waals surface area contributed by atoms with Crippen molar-refractivity contribution in [1.29, 1.82) is 0 Å². The fraction of sp³-hybridized carbons (Fsp3) is 0.529. The van der Waals surface area contributed by atoms with E-state index in [4.69, 9.17) is 4.98 Å². The van der Waals surface area contributed by atoms with Gasteiger partial charge in [0.25, 0.3) is 0 Å². The van der Waals surface area contributed by atoms with Gasteiger partial charge in [-0.15, -0.1) is 0 Å². The van der Waals surface area contributed by atoms with Crippen molar-refractivity contribution in [2.45, 2.75) is 38.6 Å². The van der Waals surface area contributed by atoms with E-state index in [1.807, 2.05) is 30.5 Å². The molecule has 3 rings (SSSR count). The number of nitrogens with one attached hydrogen (secondary N) is 1. The summed E-state index contributed by atoms with van der Waals surface area (Å²) in [5, 5.41) is 3.58. The smallest absolute Gasteiger partial charge is 0.147 e. The summed E-state index contributed by atoms with van der Waals surface area (Å²) in [6.07, 6.45) is 6.88. The lowest BCUT2D eigenvalue weighted by molar-refractivity contribution is 0.569. The van der Waals surface area contributed by atoms with Crippen LogP contribution in [0.15, 0.2) is 30.5 Å². The number of hydrogen-bond acceptors (Lipinski definition) is 4. The topological polar surface area (TPSA) is 41.0 Å². The molecule has 0 amide bonds. The second kappa shape index (κ2) is 6.85. The van der Waals surface area contributed by atoms with Gasteiger partial charge in [-0.05, 0) is 37.9 Å². The van der Waals surface area contributed by atoms with Gasteiger partial charge in [-0.1, -0.05) is 25.5 Å². The molecule has 0 bridgehead atoms. The number of rotatable bonds is 6. The van der Waals surface area contributed by atoms with Crippen LogP contribution in [0.3, 0.4) is 0 Å². The van der Waals surface area contributed by atoms with Gasteiger partial charge < -0.3 is 10.2 Å². The molecule has 1 saturated heterocycles. The number of anilines is 1. The van der Waals surface area contributed by atoms with Crippen LogP contribution >= 0.6 is 0 Å². The Labute approximate surface area is 126 Å². The molecule has 0 spiro atoms. The van der Waals surface area contributed by atoms with E-state index in [9.17, 15) is 0 Å². The lowest BCUT2D eigenvalue weighted by Gasteiger charge is -2.26. The van der Waals surface area contributed by atoms with Crippen molar-refractivity contribution in [3.63, 3.8) is 0 Å². The van der Waals surface area contributed by atoms with E-state index in [1.54, 1.807) is 0 Å². The average Bonchev–Trinajstić information content (AvgIpc) is 3.04. The van der Waals surface area contributed by atoms with Crippen LogP contribution in [0.5, 0.6) is 0 Å². The van der Waals surface area contributed by atoms with E-state index in [0.29, 0.717) is 6.04 Å². The van der Waals surface area contributed by atoms with E-state index >= 15 is 0 Å². The third kappa shape index (κ3) is 3.50. The molecular formula is C17H24N4. The molecule has 0 aliphatic carbocycles. The Morgan fingerprint density at radius 2 is 2.14 bits per heavy atom. The first-order valence-corrected chi connectivity index (χ1v) is 8.07. The van der Waals surface area contributed by atoms with Crippen molar-refractivity contribution in [2.75, 3.05) is 24.5 Å². The monoisotopic (exact) mass is 284 g/mol. The molecule has 112 valence electrons. The zero-order valence-electron chi connectivity index (χ0n) is 12.8. The van der Waals surface area contributed by atoms with Crippen molar-refractivity contribution in [2.24, 2.45) is 0 Å². The van der Waals surface area contributed by atoms with Crippen molar-refractivity contribution in [1.82, 2.24) is 15.3 Å². The van der Waals surface area contributed by atoms with Crippen LogP contribution in [0, 0.1) is 0 Å². The predicted molar refractivity (Wildman–Crippen MR) is 87.7 cm³/mol. The first-order chi connectivity index (χ1) is 10.4. The standard InChI is InChI=1S/C17H24N4/c1-2-3-11-21(13-14-7-6-10-18-14)17-12-19-15-8-4-5-9-16(15)20-17/h4-5,8-9,12,14,18H,2-3,6-7,10-11,13H2,1H3. The summed E-state index contributed by atoms with van der Waals surface area (Å²) in [5.74, 6) is 1.01. The van der Waals surface area contributed by atoms with Crippen LogP contribution < -0.4 is 10.2 Å². The van der Waals surface area contributed by atoms with Gasteiger partial charge in [0, 0.05) is 19.1 Å². The largest absolute Gasteiger partial charge is 0.354 e. The van der Waals surface area contributed by atoms with E-state index < -0.39 is 0 Å². The fourth-order valence-corrected chi connectivity index (χ4v) is 2.93. The summed E-state index contributed by atoms with van der Waals surface area (Å²) >= 11 is 0. The molecule has 4 heteroatoms. The first kappa shape index (κ1) is 14.3. The molecule has 1 aliphatic rings. The molecule has 2 heterocycles. The Morgan fingerprint density at radius 1 is 1.29 bits per heavy atom. The quantitative estimate of drug-likeness (QED) is 0.885. The van der Waals surface area contributed by atoms with Crippen molar-refractivity contribution in [3.8, 4) is 0 Å². The van der Waals surface area contributed by atoms with Crippen LogP contribution in [0.4, 0.5) is 5.82 Å². The highest BCUT2D eigenvalue weighted by Crippen LogP contribution is 2.18. The molecule has 1 aliphatic heterocycles. The minimum Gasteiger partial charge on any atom is -0.354 e. The fourth-order valence-electron chi connectivity index (χ4n) is 2.93. The first-order valence-electron chi connectivity index (χ1n) is 8.07. The SMILES string of the molecule is CCCCN(CC1CCCN1)c1cnc2ccccc2n1. The maximum atomic E-state index is 4.81. The van der Waals surface area contributed by atoms with Gasteiger partial charge in [-0.3, -0.25) is 4.98 Å². The third-order valence-electron chi connectivity index (χ3n) is 4.14. The highest BCUT2D eigenvalue weighted by Gasteiger charge is 2.19. The molecule has 4 nitrogen and oxygen atoms in total. The maximum Gasteiger partial charge on any atom is 0.147 e. The Morgan fingerprint density at radius 3 is 2.90 bits per heavy atom. The second-order valence-corrected chi connectivity index (χ2v) is 5.81. The molecule has 2 aromatic rings. The van der Waals surface area contributed by atoms with Crippen molar-refractivity contribution >= 4 is 16.9 Å². The Hall–Kier alpha value is -1.68. The summed E-state index contributed by atoms with van der Waals surface area (Å²) < 4.78 is 0. The summed E-state index contributed by atoms with van der Waals surface area (Å²) in [7, 11) is 0. The molecule has 1 fully saturated rings. The normalized spacial score (nSPS) is 18.2. The van der Waals surface area contributed by atoms with Crippen LogP contribution in [-0.2, 0) is 0 Å². The number of benzene rings is 1. The van der Waals surface area contributed by atoms with E-state index in [2.05, 4.69) is 22.1 Å². The minimum atomic E-state index is 0.593. The minimum absolute atomic E-state index is 0.593. The highest BCUT2D eigenvalue weighted by molar-refractivity contribution is 5.75. The number of hydrogen-bond donors (Lipinski definition) is 1. The zero-order valence-corrected chi connectivity index (χ0v) is 12.8. The molecule has 1 N–H and O–H groups in total. The van der Waals surface area contributed by atoms with Crippen LogP contribution in [0.1, 0.15) is 32.6 Å². The van der Waals surface area contributed by atoms with Crippen LogP contribution in [0.25, 0.3) is 11.0 Å². The van der Waals surface area contributed by atoms with Crippen LogP contribution in [-0.4, -0.2) is 35.6 Å². The predicted octanol–water partition coefficient (Wildman–Crippen LogP) is 2.99. The Bertz CT molecular complexity index is 578. The number of para-hydroxylation sites is 2. The molecule has 0 saturated carbocycles. The van der Waals surface area contributed by atoms with Gasteiger partial charge >= 0.3 is 0 Å². The van der Waals surface area contributed by atoms with Gasteiger partial charge in [-0.2, -0.15) is 0 Å². The van der Waals surface area contributed by atoms with Gasteiger partial charge in [0.1, 0.15) is 5.82 Å². The average molecular weight is 284 g/mol. The van der Waals surface area contributed by atoms with Gasteiger partial charge in [0.2, 0.25) is 0 Å². The van der Waals surface area contributed by atoms with Crippen LogP contribution in [0.2, 0.25) is 0 Å². The van der Waals surface area contributed by atoms with Crippen molar-refractivity contribution < 1.29 is 0 Å². The second-order valence-electron chi connectivity index (χ2n) is 5.81. The molecule has 1 unspecified atom stereocenters. The number of nitrogens with zero attached hydrogens (tertiary/aromatic N) is 3. The summed E-state index contributed by atoms with van der Waals surface area (Å²) in [6.45, 7) is 5.47. The molecule has 0 radical (unpaired) electrons. The zero-order chi connectivity index (χ0) is 14.5. The van der Waals surface area contributed by atoms with Gasteiger partial charge in [0.05, 0.1) is 17.2 Å². The van der Waals surface area contributed by atoms with Crippen molar-refractivity contribution in [3.05, 3.63) is 30.5 Å². The Kier molecular flexibility index (Phi) is 4.65. The number of fused-ring (bicyclic) bond motifs is 1. The Balaban J connectivity index is 1.81. The number of unbranched alkanes of at least 4 members (excludes halogenated alkanes) is 1. The molecular weight excluding hydrogens is 260 g/mol. The highest BCUT2D eigenvalue weighted by atomic mass is 15.2. The molecule has 1 aromatic heterocycles. The number of aromatic nitrogens is 2.